The van der Waals surface area contributed by atoms with Gasteiger partial charge in [0.2, 0.25) is 0 Å². The van der Waals surface area contributed by atoms with Gasteiger partial charge >= 0.3 is 6.18 Å². The van der Waals surface area contributed by atoms with Gasteiger partial charge in [-0.15, -0.1) is 0 Å². The zero-order valence-electron chi connectivity index (χ0n) is 16.9. The van der Waals surface area contributed by atoms with Crippen molar-refractivity contribution in [3.63, 3.8) is 0 Å². The second kappa shape index (κ2) is 7.65. The zero-order chi connectivity index (χ0) is 22.5. The molecule has 0 spiro atoms. The molecule has 1 amide bonds. The van der Waals surface area contributed by atoms with Crippen molar-refractivity contribution >= 4 is 11.7 Å². The number of alkyl halides is 3. The van der Waals surface area contributed by atoms with Gasteiger partial charge in [-0.25, -0.2) is 9.07 Å². The largest absolute Gasteiger partial charge is 0.410 e. The Kier molecular flexibility index (Phi) is 4.91. The first kappa shape index (κ1) is 20.5. The number of hydrogen-bond donors (Lipinski definition) is 1. The minimum Gasteiger partial charge on any atom is -0.363 e. The van der Waals surface area contributed by atoms with Gasteiger partial charge in [-0.2, -0.15) is 18.3 Å². The number of carbonyl (C=O) groups is 1. The molecule has 5 nitrogen and oxygen atoms in total. The minimum atomic E-state index is -4.55. The molecule has 166 valence electrons. The van der Waals surface area contributed by atoms with Crippen LogP contribution in [0.2, 0.25) is 0 Å². The number of halogens is 4. The molecule has 0 radical (unpaired) electrons. The average Bonchev–Trinajstić information content (AvgIpc) is 3.21. The van der Waals surface area contributed by atoms with Gasteiger partial charge in [0.05, 0.1) is 12.2 Å². The SMILES string of the molecule is O=C(c1cnn2c1NC(c1ccc(F)cc1)CC2C(F)(F)F)N1CCc2ccccc2C1. The summed E-state index contributed by atoms with van der Waals surface area (Å²) in [6.45, 7) is 0.869. The fraction of sp³-hybridized carbons (Fsp3) is 0.304. The predicted octanol–water partition coefficient (Wildman–Crippen LogP) is 4.88. The molecule has 2 unspecified atom stereocenters. The third-order valence-electron chi connectivity index (χ3n) is 6.16. The first-order valence-electron chi connectivity index (χ1n) is 10.3. The van der Waals surface area contributed by atoms with Gasteiger partial charge in [0.15, 0.2) is 6.04 Å². The van der Waals surface area contributed by atoms with Crippen molar-refractivity contribution in [1.82, 2.24) is 14.7 Å². The van der Waals surface area contributed by atoms with Crippen LogP contribution in [-0.2, 0) is 13.0 Å². The molecule has 5 rings (SSSR count). The number of anilines is 1. The van der Waals surface area contributed by atoms with Gasteiger partial charge in [0.1, 0.15) is 17.2 Å². The van der Waals surface area contributed by atoms with Crippen LogP contribution in [0.4, 0.5) is 23.4 Å². The lowest BCUT2D eigenvalue weighted by Crippen LogP contribution is -2.38. The molecule has 3 aromatic rings. The van der Waals surface area contributed by atoms with Gasteiger partial charge in [-0.1, -0.05) is 36.4 Å². The van der Waals surface area contributed by atoms with Crippen molar-refractivity contribution in [3.8, 4) is 0 Å². The van der Waals surface area contributed by atoms with Gasteiger partial charge in [-0.05, 0) is 35.2 Å². The smallest absolute Gasteiger partial charge is 0.363 e. The maximum Gasteiger partial charge on any atom is 0.410 e. The maximum absolute atomic E-state index is 13.9. The highest BCUT2D eigenvalue weighted by atomic mass is 19.4. The molecular weight excluding hydrogens is 424 g/mol. The molecule has 0 bridgehead atoms. The van der Waals surface area contributed by atoms with Crippen LogP contribution in [0, 0.1) is 5.82 Å². The third-order valence-corrected chi connectivity index (χ3v) is 6.16. The summed E-state index contributed by atoms with van der Waals surface area (Å²) in [6.07, 6.45) is -2.97. The summed E-state index contributed by atoms with van der Waals surface area (Å²) < 4.78 is 55.8. The Labute approximate surface area is 181 Å². The molecule has 1 aromatic heterocycles. The van der Waals surface area contributed by atoms with Crippen LogP contribution >= 0.6 is 0 Å². The number of benzene rings is 2. The molecule has 9 heteroatoms. The van der Waals surface area contributed by atoms with Crippen molar-refractivity contribution in [3.05, 3.63) is 82.8 Å². The Balaban J connectivity index is 1.48. The quantitative estimate of drug-likeness (QED) is 0.573. The maximum atomic E-state index is 13.9. The van der Waals surface area contributed by atoms with E-state index in [1.165, 1.54) is 36.0 Å². The molecule has 3 heterocycles. The minimum absolute atomic E-state index is 0.0387. The second-order valence-corrected chi connectivity index (χ2v) is 8.14. The van der Waals surface area contributed by atoms with Crippen LogP contribution in [0.15, 0.2) is 54.7 Å². The molecule has 2 atom stereocenters. The van der Waals surface area contributed by atoms with Crippen molar-refractivity contribution in [2.45, 2.75) is 37.6 Å². The lowest BCUT2D eigenvalue weighted by molar-refractivity contribution is -0.173. The highest BCUT2D eigenvalue weighted by Gasteiger charge is 2.47. The van der Waals surface area contributed by atoms with Gasteiger partial charge in [0, 0.05) is 19.5 Å². The van der Waals surface area contributed by atoms with Crippen molar-refractivity contribution < 1.29 is 22.4 Å². The van der Waals surface area contributed by atoms with Crippen LogP contribution in [0.3, 0.4) is 0 Å². The fourth-order valence-corrected chi connectivity index (χ4v) is 4.47. The zero-order valence-corrected chi connectivity index (χ0v) is 16.9. The van der Waals surface area contributed by atoms with E-state index in [-0.39, 0.29) is 23.7 Å². The highest BCUT2D eigenvalue weighted by Crippen LogP contribution is 2.44. The first-order valence-corrected chi connectivity index (χ1v) is 10.3. The lowest BCUT2D eigenvalue weighted by atomic mass is 9.96. The number of carbonyl (C=O) groups excluding carboxylic acids is 1. The number of hydrogen-bond acceptors (Lipinski definition) is 3. The fourth-order valence-electron chi connectivity index (χ4n) is 4.47. The molecule has 0 saturated carbocycles. The molecule has 0 fully saturated rings. The van der Waals surface area contributed by atoms with E-state index < -0.39 is 24.1 Å². The van der Waals surface area contributed by atoms with Gasteiger partial charge in [0.25, 0.3) is 5.91 Å². The van der Waals surface area contributed by atoms with Crippen molar-refractivity contribution in [2.75, 3.05) is 11.9 Å². The van der Waals surface area contributed by atoms with E-state index in [9.17, 15) is 22.4 Å². The average molecular weight is 444 g/mol. The van der Waals surface area contributed by atoms with E-state index >= 15 is 0 Å². The van der Waals surface area contributed by atoms with E-state index in [1.54, 1.807) is 4.90 Å². The third kappa shape index (κ3) is 3.61. The van der Waals surface area contributed by atoms with E-state index in [1.807, 2.05) is 24.3 Å². The van der Waals surface area contributed by atoms with E-state index in [2.05, 4.69) is 10.4 Å². The Morgan fingerprint density at radius 1 is 1.06 bits per heavy atom. The van der Waals surface area contributed by atoms with Crippen LogP contribution < -0.4 is 5.32 Å². The monoisotopic (exact) mass is 444 g/mol. The van der Waals surface area contributed by atoms with Gasteiger partial charge in [-0.3, -0.25) is 4.79 Å². The Morgan fingerprint density at radius 3 is 2.50 bits per heavy atom. The molecule has 1 N–H and O–H groups in total. The molecule has 2 aliphatic heterocycles. The summed E-state index contributed by atoms with van der Waals surface area (Å²) in [4.78, 5) is 14.9. The second-order valence-electron chi connectivity index (χ2n) is 8.14. The number of nitrogens with zero attached hydrogens (tertiary/aromatic N) is 3. The summed E-state index contributed by atoms with van der Waals surface area (Å²) in [5.41, 5.74) is 2.81. The molecule has 0 saturated heterocycles. The Bertz CT molecular complexity index is 1160. The van der Waals surface area contributed by atoms with Crippen LogP contribution in [0.1, 0.15) is 45.6 Å². The molecule has 0 aliphatic carbocycles. The van der Waals surface area contributed by atoms with Crippen LogP contribution in [-0.4, -0.2) is 33.3 Å². The van der Waals surface area contributed by atoms with E-state index in [0.29, 0.717) is 25.1 Å². The molecule has 32 heavy (non-hydrogen) atoms. The normalized spacial score (nSPS) is 20.3. The molecular formula is C23H20F4N4O. The Morgan fingerprint density at radius 2 is 1.78 bits per heavy atom. The summed E-state index contributed by atoms with van der Waals surface area (Å²) >= 11 is 0. The molecule has 2 aliphatic rings. The van der Waals surface area contributed by atoms with Crippen LogP contribution in [0.5, 0.6) is 0 Å². The number of aromatic nitrogens is 2. The van der Waals surface area contributed by atoms with Crippen molar-refractivity contribution in [1.29, 1.82) is 0 Å². The van der Waals surface area contributed by atoms with Crippen LogP contribution in [0.25, 0.3) is 0 Å². The van der Waals surface area contributed by atoms with E-state index in [4.69, 9.17) is 0 Å². The summed E-state index contributed by atoms with van der Waals surface area (Å²) in [5.74, 6) is -0.797. The first-order chi connectivity index (χ1) is 15.3. The number of fused-ring (bicyclic) bond motifs is 2. The highest BCUT2D eigenvalue weighted by molar-refractivity contribution is 5.99. The van der Waals surface area contributed by atoms with Crippen molar-refractivity contribution in [2.24, 2.45) is 0 Å². The van der Waals surface area contributed by atoms with E-state index in [0.717, 1.165) is 10.2 Å². The Hall–Kier alpha value is -3.36. The standard InChI is InChI=1S/C23H20F4N4O/c24-17-7-5-15(6-8-17)19-11-20(23(25,26)27)31-21(29-19)18(12-28-31)22(32)30-10-9-14-3-1-2-4-16(14)13-30/h1-8,12,19-20,29H,9-11,13H2. The number of nitrogens with one attached hydrogen (secondary N) is 1. The molecule has 2 aromatic carbocycles. The van der Waals surface area contributed by atoms with Gasteiger partial charge < -0.3 is 10.2 Å². The summed E-state index contributed by atoms with van der Waals surface area (Å²) in [6, 6.07) is 10.5. The number of amides is 1. The summed E-state index contributed by atoms with van der Waals surface area (Å²) in [7, 11) is 0. The predicted molar refractivity (Wildman–Crippen MR) is 110 cm³/mol. The topological polar surface area (TPSA) is 50.2 Å². The summed E-state index contributed by atoms with van der Waals surface area (Å²) in [5, 5.41) is 6.99. The lowest BCUT2D eigenvalue weighted by Gasteiger charge is -2.34. The number of rotatable bonds is 2.